The summed E-state index contributed by atoms with van der Waals surface area (Å²) in [6.07, 6.45) is 0. The van der Waals surface area contributed by atoms with Crippen LogP contribution in [0.2, 0.25) is 0 Å². The van der Waals surface area contributed by atoms with Gasteiger partial charge >= 0.3 is 6.03 Å². The Morgan fingerprint density at radius 3 is 2.50 bits per heavy atom. The summed E-state index contributed by atoms with van der Waals surface area (Å²) in [5.41, 5.74) is 0. The number of ether oxygens (including phenoxy) is 1. The zero-order valence-electron chi connectivity index (χ0n) is 11.4. The second-order valence-corrected chi connectivity index (χ2v) is 5.88. The third-order valence-corrected chi connectivity index (χ3v) is 3.65. The van der Waals surface area contributed by atoms with E-state index in [0.717, 1.165) is 4.47 Å². The van der Waals surface area contributed by atoms with Gasteiger partial charge in [0.15, 0.2) is 0 Å². The van der Waals surface area contributed by atoms with Gasteiger partial charge in [0.05, 0.1) is 6.54 Å². The lowest BCUT2D eigenvalue weighted by Crippen LogP contribution is -2.36. The van der Waals surface area contributed by atoms with Crippen molar-refractivity contribution in [1.82, 2.24) is 10.2 Å². The van der Waals surface area contributed by atoms with Crippen LogP contribution in [0.3, 0.4) is 0 Å². The largest absolute Gasteiger partial charge is 0.492 e. The monoisotopic (exact) mass is 340 g/mol. The van der Waals surface area contributed by atoms with Gasteiger partial charge in [-0.15, -0.1) is 0 Å². The van der Waals surface area contributed by atoms with Gasteiger partial charge in [-0.05, 0) is 30.2 Å². The first-order chi connectivity index (χ1) is 9.49. The van der Waals surface area contributed by atoms with Crippen LogP contribution in [-0.4, -0.2) is 36.0 Å². The predicted molar refractivity (Wildman–Crippen MR) is 78.5 cm³/mol. The molecule has 6 heteroatoms. The Kier molecular flexibility index (Phi) is 4.65. The molecule has 1 heterocycles. The molecule has 2 rings (SSSR count). The SMILES string of the molecule is CC(C)C1NC(=O)N(CCOc2ccc(Br)cc2)C1=O. The van der Waals surface area contributed by atoms with Crippen molar-refractivity contribution in [1.29, 1.82) is 0 Å². The first kappa shape index (κ1) is 14.8. The van der Waals surface area contributed by atoms with E-state index in [1.807, 2.05) is 38.1 Å². The zero-order valence-corrected chi connectivity index (χ0v) is 13.0. The smallest absolute Gasteiger partial charge is 0.324 e. The van der Waals surface area contributed by atoms with E-state index in [4.69, 9.17) is 4.74 Å². The molecule has 20 heavy (non-hydrogen) atoms. The quantitative estimate of drug-likeness (QED) is 0.837. The molecule has 1 N–H and O–H groups in total. The number of urea groups is 1. The minimum atomic E-state index is -0.421. The van der Waals surface area contributed by atoms with Crippen LogP contribution in [0.4, 0.5) is 4.79 Å². The van der Waals surface area contributed by atoms with Gasteiger partial charge in [0, 0.05) is 4.47 Å². The van der Waals surface area contributed by atoms with Crippen molar-refractivity contribution >= 4 is 27.9 Å². The maximum absolute atomic E-state index is 12.0. The first-order valence-corrected chi connectivity index (χ1v) is 7.28. The number of rotatable bonds is 5. The van der Waals surface area contributed by atoms with Crippen molar-refractivity contribution in [3.63, 3.8) is 0 Å². The summed E-state index contributed by atoms with van der Waals surface area (Å²) in [5, 5.41) is 2.68. The fourth-order valence-corrected chi connectivity index (χ4v) is 2.25. The molecule has 1 aromatic carbocycles. The molecule has 0 radical (unpaired) electrons. The summed E-state index contributed by atoms with van der Waals surface area (Å²) in [7, 11) is 0. The molecule has 1 saturated heterocycles. The topological polar surface area (TPSA) is 58.6 Å². The van der Waals surface area contributed by atoms with E-state index in [1.54, 1.807) is 0 Å². The molecule has 1 aliphatic rings. The summed E-state index contributed by atoms with van der Waals surface area (Å²) < 4.78 is 6.49. The van der Waals surface area contributed by atoms with Crippen molar-refractivity contribution in [2.75, 3.05) is 13.2 Å². The summed E-state index contributed by atoms with van der Waals surface area (Å²) in [4.78, 5) is 25.0. The molecule has 1 fully saturated rings. The Bertz CT molecular complexity index is 502. The van der Waals surface area contributed by atoms with E-state index in [0.29, 0.717) is 5.75 Å². The highest BCUT2D eigenvalue weighted by Gasteiger charge is 2.39. The molecule has 108 valence electrons. The molecule has 1 aliphatic heterocycles. The average molecular weight is 341 g/mol. The van der Waals surface area contributed by atoms with Gasteiger partial charge < -0.3 is 10.1 Å². The van der Waals surface area contributed by atoms with Gasteiger partial charge in [-0.25, -0.2) is 4.79 Å². The number of halogens is 1. The molecule has 1 atom stereocenters. The van der Waals surface area contributed by atoms with Gasteiger partial charge in [-0.3, -0.25) is 9.69 Å². The normalized spacial score (nSPS) is 18.6. The fraction of sp³-hybridized carbons (Fsp3) is 0.429. The highest BCUT2D eigenvalue weighted by Crippen LogP contribution is 2.17. The second-order valence-electron chi connectivity index (χ2n) is 4.96. The molecule has 1 aromatic rings. The van der Waals surface area contributed by atoms with Crippen molar-refractivity contribution < 1.29 is 14.3 Å². The first-order valence-electron chi connectivity index (χ1n) is 6.49. The lowest BCUT2D eigenvalue weighted by atomic mass is 10.1. The van der Waals surface area contributed by atoms with E-state index < -0.39 is 6.04 Å². The Balaban J connectivity index is 1.86. The predicted octanol–water partition coefficient (Wildman–Crippen LogP) is 2.40. The average Bonchev–Trinajstić information content (AvgIpc) is 2.69. The number of benzene rings is 1. The molecule has 0 bridgehead atoms. The van der Waals surface area contributed by atoms with Crippen molar-refractivity contribution in [3.8, 4) is 5.75 Å². The second kappa shape index (κ2) is 6.26. The van der Waals surface area contributed by atoms with Crippen LogP contribution in [-0.2, 0) is 4.79 Å². The summed E-state index contributed by atoms with van der Waals surface area (Å²) >= 11 is 3.34. The Morgan fingerprint density at radius 2 is 1.95 bits per heavy atom. The maximum atomic E-state index is 12.0. The highest BCUT2D eigenvalue weighted by atomic mass is 79.9. The molecule has 5 nitrogen and oxygen atoms in total. The number of imide groups is 1. The maximum Gasteiger partial charge on any atom is 0.324 e. The Hall–Kier alpha value is -1.56. The van der Waals surface area contributed by atoms with Crippen LogP contribution in [0, 0.1) is 5.92 Å². The third kappa shape index (κ3) is 3.30. The number of hydrogen-bond acceptors (Lipinski definition) is 3. The van der Waals surface area contributed by atoms with E-state index >= 15 is 0 Å². The van der Waals surface area contributed by atoms with Crippen LogP contribution in [0.15, 0.2) is 28.7 Å². The van der Waals surface area contributed by atoms with Crippen molar-refractivity contribution in [2.45, 2.75) is 19.9 Å². The van der Waals surface area contributed by atoms with Crippen LogP contribution < -0.4 is 10.1 Å². The molecule has 3 amide bonds. The highest BCUT2D eigenvalue weighted by molar-refractivity contribution is 9.10. The molecule has 0 aromatic heterocycles. The van der Waals surface area contributed by atoms with Crippen LogP contribution >= 0.6 is 15.9 Å². The fourth-order valence-electron chi connectivity index (χ4n) is 1.99. The van der Waals surface area contributed by atoms with Crippen LogP contribution in [0.1, 0.15) is 13.8 Å². The van der Waals surface area contributed by atoms with Gasteiger partial charge in [0.25, 0.3) is 5.91 Å². The lowest BCUT2D eigenvalue weighted by Gasteiger charge is -2.14. The van der Waals surface area contributed by atoms with Gasteiger partial charge in [-0.2, -0.15) is 0 Å². The third-order valence-electron chi connectivity index (χ3n) is 3.12. The summed E-state index contributed by atoms with van der Waals surface area (Å²) in [6, 6.07) is 6.64. The van der Waals surface area contributed by atoms with Crippen LogP contribution in [0.25, 0.3) is 0 Å². The molecule has 0 saturated carbocycles. The van der Waals surface area contributed by atoms with E-state index in [-0.39, 0.29) is 31.0 Å². The van der Waals surface area contributed by atoms with Crippen molar-refractivity contribution in [3.05, 3.63) is 28.7 Å². The Morgan fingerprint density at radius 1 is 1.30 bits per heavy atom. The number of hydrogen-bond donors (Lipinski definition) is 1. The number of carbonyl (C=O) groups is 2. The molecule has 0 aliphatic carbocycles. The van der Waals surface area contributed by atoms with E-state index in [2.05, 4.69) is 21.2 Å². The lowest BCUT2D eigenvalue weighted by molar-refractivity contribution is -0.128. The number of carbonyl (C=O) groups excluding carboxylic acids is 2. The summed E-state index contributed by atoms with van der Waals surface area (Å²) in [6.45, 7) is 4.35. The Labute approximate surface area is 126 Å². The van der Waals surface area contributed by atoms with Crippen molar-refractivity contribution in [2.24, 2.45) is 5.92 Å². The molecular formula is C14H17BrN2O3. The number of nitrogens with one attached hydrogen (secondary N) is 1. The number of amides is 3. The minimum absolute atomic E-state index is 0.0869. The van der Waals surface area contributed by atoms with Gasteiger partial charge in [0.2, 0.25) is 0 Å². The summed E-state index contributed by atoms with van der Waals surface area (Å²) in [5.74, 6) is 0.619. The van der Waals surface area contributed by atoms with Gasteiger partial charge in [-0.1, -0.05) is 29.8 Å². The van der Waals surface area contributed by atoms with Gasteiger partial charge in [0.1, 0.15) is 18.4 Å². The van der Waals surface area contributed by atoms with E-state index in [9.17, 15) is 9.59 Å². The van der Waals surface area contributed by atoms with E-state index in [1.165, 1.54) is 4.90 Å². The molecule has 1 unspecified atom stereocenters. The van der Waals surface area contributed by atoms with Crippen LogP contribution in [0.5, 0.6) is 5.75 Å². The number of nitrogens with zero attached hydrogens (tertiary/aromatic N) is 1. The molecular weight excluding hydrogens is 324 g/mol. The standard InChI is InChI=1S/C14H17BrN2O3/c1-9(2)12-13(18)17(14(19)16-12)7-8-20-11-5-3-10(15)4-6-11/h3-6,9,12H,7-8H2,1-2H3,(H,16,19). The zero-order chi connectivity index (χ0) is 14.7. The minimum Gasteiger partial charge on any atom is -0.492 e. The molecule has 0 spiro atoms.